The van der Waals surface area contributed by atoms with E-state index in [0.717, 1.165) is 61.4 Å². The fourth-order valence-electron chi connectivity index (χ4n) is 9.82. The molecule has 0 unspecified atom stereocenters. The van der Waals surface area contributed by atoms with E-state index in [2.05, 4.69) is 228 Å². The highest BCUT2D eigenvalue weighted by Crippen LogP contribution is 2.50. The summed E-state index contributed by atoms with van der Waals surface area (Å²) in [5, 5.41) is 9.57. The summed E-state index contributed by atoms with van der Waals surface area (Å²) in [4.78, 5) is 2.45. The molecule has 10 aromatic carbocycles. The minimum absolute atomic E-state index is 0.853. The minimum Gasteiger partial charge on any atom is -0.455 e. The largest absolute Gasteiger partial charge is 0.455 e. The monoisotopic (exact) mass is 808 g/mol. The van der Waals surface area contributed by atoms with Crippen molar-refractivity contribution in [3.05, 3.63) is 218 Å². The summed E-state index contributed by atoms with van der Waals surface area (Å²) in [5.74, 6) is 0. The molecule has 0 spiro atoms. The molecule has 0 aliphatic rings. The second-order valence-corrected chi connectivity index (χ2v) is 17.1. The predicted molar refractivity (Wildman–Crippen MR) is 264 cm³/mol. The van der Waals surface area contributed by atoms with Crippen LogP contribution in [0.2, 0.25) is 0 Å². The molecule has 0 amide bonds. The molecular formula is C58H36N2OS. The van der Waals surface area contributed by atoms with E-state index in [1.165, 1.54) is 58.3 Å². The van der Waals surface area contributed by atoms with Crippen molar-refractivity contribution >= 4 is 103 Å². The van der Waals surface area contributed by atoms with Crippen LogP contribution in [0, 0.1) is 0 Å². The number of para-hydroxylation sites is 5. The maximum atomic E-state index is 7.08. The van der Waals surface area contributed by atoms with Gasteiger partial charge in [-0.15, -0.1) is 11.3 Å². The first kappa shape index (κ1) is 34.9. The first-order valence-corrected chi connectivity index (χ1v) is 21.9. The fourth-order valence-corrected chi connectivity index (χ4v) is 10.9. The third-order valence-corrected chi connectivity index (χ3v) is 13.7. The van der Waals surface area contributed by atoms with E-state index in [9.17, 15) is 0 Å². The van der Waals surface area contributed by atoms with E-state index in [-0.39, 0.29) is 0 Å². The SMILES string of the molecule is c1ccc(N(c2ccc3ccccc3c2)c2ccc(-c3ccccc3-n3c4ccccc4c4ccccc43)c3oc4ccccc4c23)c(-c2ccc3sc4ccccc4c3c2)c1. The Morgan fingerprint density at radius 3 is 1.89 bits per heavy atom. The van der Waals surface area contributed by atoms with Crippen molar-refractivity contribution in [3.63, 3.8) is 0 Å². The molecule has 0 saturated heterocycles. The summed E-state index contributed by atoms with van der Waals surface area (Å²) < 4.78 is 12.1. The summed E-state index contributed by atoms with van der Waals surface area (Å²) in [5.41, 5.74) is 12.8. The summed E-state index contributed by atoms with van der Waals surface area (Å²) >= 11 is 1.85. The number of nitrogens with zero attached hydrogens (tertiary/aromatic N) is 2. The molecule has 0 atom stereocenters. The Morgan fingerprint density at radius 1 is 0.403 bits per heavy atom. The van der Waals surface area contributed by atoms with Crippen LogP contribution in [-0.2, 0) is 0 Å². The highest BCUT2D eigenvalue weighted by atomic mass is 32.1. The maximum Gasteiger partial charge on any atom is 0.145 e. The average Bonchev–Trinajstić information content (AvgIpc) is 4.02. The number of hydrogen-bond donors (Lipinski definition) is 0. The first-order valence-electron chi connectivity index (χ1n) is 21.1. The highest BCUT2D eigenvalue weighted by Gasteiger charge is 2.26. The van der Waals surface area contributed by atoms with Gasteiger partial charge in [0.2, 0.25) is 0 Å². The van der Waals surface area contributed by atoms with Crippen LogP contribution < -0.4 is 4.90 Å². The van der Waals surface area contributed by atoms with Gasteiger partial charge in [0.15, 0.2) is 0 Å². The zero-order chi connectivity index (χ0) is 40.7. The van der Waals surface area contributed by atoms with Gasteiger partial charge in [-0.25, -0.2) is 0 Å². The molecule has 13 aromatic rings. The van der Waals surface area contributed by atoms with E-state index in [4.69, 9.17) is 4.42 Å². The van der Waals surface area contributed by atoms with Crippen LogP contribution >= 0.6 is 11.3 Å². The lowest BCUT2D eigenvalue weighted by molar-refractivity contribution is 0.670. The van der Waals surface area contributed by atoms with Crippen molar-refractivity contribution < 1.29 is 4.42 Å². The van der Waals surface area contributed by atoms with Gasteiger partial charge in [-0.1, -0.05) is 146 Å². The van der Waals surface area contributed by atoms with Gasteiger partial charge in [-0.2, -0.15) is 0 Å². The first-order chi connectivity index (χ1) is 30.8. The Bertz CT molecular complexity index is 3850. The minimum atomic E-state index is 0.853. The highest BCUT2D eigenvalue weighted by molar-refractivity contribution is 7.25. The lowest BCUT2D eigenvalue weighted by Gasteiger charge is -2.29. The summed E-state index contributed by atoms with van der Waals surface area (Å²) in [6.07, 6.45) is 0. The fraction of sp³-hybridized carbons (Fsp3) is 0. The molecule has 290 valence electrons. The Kier molecular flexibility index (Phi) is 7.78. The van der Waals surface area contributed by atoms with E-state index >= 15 is 0 Å². The molecular weight excluding hydrogens is 773 g/mol. The predicted octanol–water partition coefficient (Wildman–Crippen LogP) is 17.0. The van der Waals surface area contributed by atoms with Gasteiger partial charge in [0.1, 0.15) is 11.2 Å². The summed E-state index contributed by atoms with van der Waals surface area (Å²) in [6.45, 7) is 0. The molecule has 3 nitrogen and oxygen atoms in total. The second kappa shape index (κ2) is 13.8. The third-order valence-electron chi connectivity index (χ3n) is 12.6. The van der Waals surface area contributed by atoms with Crippen LogP contribution in [0.15, 0.2) is 223 Å². The van der Waals surface area contributed by atoms with Crippen LogP contribution in [0.1, 0.15) is 0 Å². The smallest absolute Gasteiger partial charge is 0.145 e. The van der Waals surface area contributed by atoms with Crippen LogP contribution in [-0.4, -0.2) is 4.57 Å². The summed E-state index contributed by atoms with van der Waals surface area (Å²) in [6, 6.07) is 79.2. The number of aromatic nitrogens is 1. The van der Waals surface area contributed by atoms with Gasteiger partial charge in [-0.05, 0) is 89.1 Å². The lowest BCUT2D eigenvalue weighted by atomic mass is 9.96. The van der Waals surface area contributed by atoms with E-state index in [1.54, 1.807) is 0 Å². The number of benzene rings is 10. The molecule has 4 heteroatoms. The maximum absolute atomic E-state index is 7.08. The van der Waals surface area contributed by atoms with E-state index in [1.807, 2.05) is 11.3 Å². The number of fused-ring (bicyclic) bond motifs is 10. The number of anilines is 3. The van der Waals surface area contributed by atoms with Gasteiger partial charge >= 0.3 is 0 Å². The molecule has 13 rings (SSSR count). The van der Waals surface area contributed by atoms with Crippen molar-refractivity contribution in [3.8, 4) is 27.9 Å². The molecule has 0 fully saturated rings. The van der Waals surface area contributed by atoms with Crippen LogP contribution in [0.3, 0.4) is 0 Å². The zero-order valence-corrected chi connectivity index (χ0v) is 34.3. The molecule has 3 aromatic heterocycles. The third kappa shape index (κ3) is 5.30. The Balaban J connectivity index is 1.09. The van der Waals surface area contributed by atoms with Gasteiger partial charge in [0.25, 0.3) is 0 Å². The molecule has 62 heavy (non-hydrogen) atoms. The standard InChI is InChI=1S/C58H36N2OS/c1-2-16-38-35-40(31-29-37(38)15-1)59(49-23-9-3-17-41(49)39-30-34-56-48(36-39)45-21-8-14-28-55(45)62-56)53-33-32-46(58-57(53)47-22-7-13-27-54(47)61-58)44-20-6-12-26-52(44)60-50-24-10-4-18-42(50)43-19-5-11-25-51(43)60/h1-36H. The normalized spacial score (nSPS) is 11.9. The summed E-state index contributed by atoms with van der Waals surface area (Å²) in [7, 11) is 0. The number of rotatable bonds is 6. The molecule has 0 bridgehead atoms. The van der Waals surface area contributed by atoms with Gasteiger partial charge in [-0.3, -0.25) is 0 Å². The second-order valence-electron chi connectivity index (χ2n) is 16.0. The van der Waals surface area contributed by atoms with Crippen molar-refractivity contribution in [1.29, 1.82) is 0 Å². The number of hydrogen-bond acceptors (Lipinski definition) is 3. The average molecular weight is 809 g/mol. The van der Waals surface area contributed by atoms with E-state index < -0.39 is 0 Å². The number of thiophene rings is 1. The van der Waals surface area contributed by atoms with Crippen LogP contribution in [0.5, 0.6) is 0 Å². The van der Waals surface area contributed by atoms with Gasteiger partial charge < -0.3 is 13.9 Å². The van der Waals surface area contributed by atoms with Crippen molar-refractivity contribution in [2.75, 3.05) is 4.90 Å². The Labute approximate surface area is 361 Å². The van der Waals surface area contributed by atoms with Crippen LogP contribution in [0.4, 0.5) is 17.1 Å². The topological polar surface area (TPSA) is 21.3 Å². The quantitative estimate of drug-likeness (QED) is 0.167. The number of furan rings is 1. The van der Waals surface area contributed by atoms with Crippen LogP contribution in [0.25, 0.3) is 103 Å². The molecule has 0 saturated carbocycles. The Hall–Kier alpha value is -7.92. The molecule has 0 radical (unpaired) electrons. The van der Waals surface area contributed by atoms with Crippen molar-refractivity contribution in [2.24, 2.45) is 0 Å². The molecule has 0 aliphatic carbocycles. The van der Waals surface area contributed by atoms with Crippen molar-refractivity contribution in [1.82, 2.24) is 4.57 Å². The zero-order valence-electron chi connectivity index (χ0n) is 33.5. The molecule has 0 N–H and O–H groups in total. The van der Waals surface area contributed by atoms with Gasteiger partial charge in [0, 0.05) is 58.7 Å². The molecule has 3 heterocycles. The Morgan fingerprint density at radius 2 is 1.05 bits per heavy atom. The van der Waals surface area contributed by atoms with E-state index in [0.29, 0.717) is 0 Å². The van der Waals surface area contributed by atoms with Gasteiger partial charge in [0.05, 0.1) is 33.5 Å². The molecule has 0 aliphatic heterocycles. The van der Waals surface area contributed by atoms with Crippen molar-refractivity contribution in [2.45, 2.75) is 0 Å². The lowest BCUT2D eigenvalue weighted by Crippen LogP contribution is -2.12.